The Hall–Kier alpha value is -2.20. The van der Waals surface area contributed by atoms with E-state index in [-0.39, 0.29) is 19.0 Å². The van der Waals surface area contributed by atoms with Crippen molar-refractivity contribution >= 4 is 11.8 Å². The van der Waals surface area contributed by atoms with Gasteiger partial charge < -0.3 is 14.7 Å². The van der Waals surface area contributed by atoms with Gasteiger partial charge in [-0.3, -0.25) is 0 Å². The molecule has 1 aromatic heterocycles. The summed E-state index contributed by atoms with van der Waals surface area (Å²) in [5, 5.41) is 17.6. The lowest BCUT2D eigenvalue weighted by Gasteiger charge is -2.30. The molecule has 0 amide bonds. The van der Waals surface area contributed by atoms with Gasteiger partial charge in [0.05, 0.1) is 19.2 Å². The number of pyridine rings is 1. The maximum atomic E-state index is 13.9. The highest BCUT2D eigenvalue weighted by molar-refractivity contribution is 5.88. The predicted octanol–water partition coefficient (Wildman–Crippen LogP) is 0.648. The smallest absolute Gasteiger partial charge is 0.338 e. The van der Waals surface area contributed by atoms with Crippen LogP contribution in [0.15, 0.2) is 12.3 Å². The summed E-state index contributed by atoms with van der Waals surface area (Å²) in [6, 6.07) is 3.03. The van der Waals surface area contributed by atoms with Crippen LogP contribution in [0.5, 0.6) is 0 Å². The average molecular weight is 251 g/mol. The molecule has 1 atom stereocenters. The zero-order valence-electron chi connectivity index (χ0n) is 9.34. The molecule has 0 bridgehead atoms. The molecule has 1 unspecified atom stereocenters. The van der Waals surface area contributed by atoms with Crippen LogP contribution in [0.3, 0.4) is 0 Å². The number of halogens is 1. The first kappa shape index (κ1) is 12.3. The third kappa shape index (κ3) is 2.24. The number of hydrogen-bond donors (Lipinski definition) is 1. The van der Waals surface area contributed by atoms with Gasteiger partial charge in [-0.1, -0.05) is 0 Å². The number of ether oxygens (including phenoxy) is 1. The summed E-state index contributed by atoms with van der Waals surface area (Å²) in [6.45, 7) is 0.811. The molecule has 1 aliphatic heterocycles. The van der Waals surface area contributed by atoms with Gasteiger partial charge in [0.1, 0.15) is 5.56 Å². The van der Waals surface area contributed by atoms with Crippen LogP contribution in [-0.4, -0.2) is 41.9 Å². The SMILES string of the molecule is N#CC1CN(c2nccc(C(=O)O)c2F)CCO1. The van der Waals surface area contributed by atoms with Crippen LogP contribution in [0.25, 0.3) is 0 Å². The summed E-state index contributed by atoms with van der Waals surface area (Å²) >= 11 is 0. The van der Waals surface area contributed by atoms with Crippen molar-refractivity contribution in [2.75, 3.05) is 24.6 Å². The van der Waals surface area contributed by atoms with Crippen molar-refractivity contribution < 1.29 is 19.0 Å². The van der Waals surface area contributed by atoms with Gasteiger partial charge in [-0.15, -0.1) is 0 Å². The topological polar surface area (TPSA) is 86.5 Å². The van der Waals surface area contributed by atoms with Crippen LogP contribution in [0.4, 0.5) is 10.2 Å². The van der Waals surface area contributed by atoms with Crippen LogP contribution in [0.1, 0.15) is 10.4 Å². The Bertz CT molecular complexity index is 515. The normalized spacial score (nSPS) is 19.3. The van der Waals surface area contributed by atoms with Crippen LogP contribution < -0.4 is 4.90 Å². The first-order valence-corrected chi connectivity index (χ1v) is 5.27. The van der Waals surface area contributed by atoms with Crippen molar-refractivity contribution in [1.29, 1.82) is 5.26 Å². The molecule has 94 valence electrons. The zero-order valence-corrected chi connectivity index (χ0v) is 9.34. The molecular weight excluding hydrogens is 241 g/mol. The van der Waals surface area contributed by atoms with E-state index in [0.29, 0.717) is 6.54 Å². The maximum Gasteiger partial charge on any atom is 0.338 e. The van der Waals surface area contributed by atoms with Gasteiger partial charge in [0.25, 0.3) is 0 Å². The quantitative estimate of drug-likeness (QED) is 0.830. The van der Waals surface area contributed by atoms with Crippen LogP contribution in [0, 0.1) is 17.1 Å². The number of carboxylic acid groups (broad SMARTS) is 1. The van der Waals surface area contributed by atoms with E-state index in [4.69, 9.17) is 15.1 Å². The molecule has 1 aromatic rings. The first-order chi connectivity index (χ1) is 8.63. The Balaban J connectivity index is 2.31. The first-order valence-electron chi connectivity index (χ1n) is 5.27. The van der Waals surface area contributed by atoms with Crippen molar-refractivity contribution in [2.45, 2.75) is 6.10 Å². The van der Waals surface area contributed by atoms with Crippen molar-refractivity contribution in [2.24, 2.45) is 0 Å². The number of nitrogens with zero attached hydrogens (tertiary/aromatic N) is 3. The number of anilines is 1. The maximum absolute atomic E-state index is 13.9. The molecule has 0 aromatic carbocycles. The van der Waals surface area contributed by atoms with Crippen LogP contribution in [0.2, 0.25) is 0 Å². The second-order valence-electron chi connectivity index (χ2n) is 3.74. The van der Waals surface area contributed by atoms with E-state index in [9.17, 15) is 9.18 Å². The minimum absolute atomic E-state index is 0.0570. The van der Waals surface area contributed by atoms with Crippen LogP contribution in [-0.2, 0) is 4.74 Å². The van der Waals surface area contributed by atoms with E-state index in [0.717, 1.165) is 6.07 Å². The lowest BCUT2D eigenvalue weighted by molar-refractivity contribution is 0.0691. The Morgan fingerprint density at radius 2 is 2.50 bits per heavy atom. The standard InChI is InChI=1S/C11H10FN3O3/c12-9-8(11(16)17)1-2-14-10(9)15-3-4-18-7(5-13)6-15/h1-2,7H,3-4,6H2,(H,16,17). The number of carbonyl (C=O) groups is 1. The second kappa shape index (κ2) is 4.98. The highest BCUT2D eigenvalue weighted by Gasteiger charge is 2.25. The molecule has 0 radical (unpaired) electrons. The zero-order chi connectivity index (χ0) is 13.1. The molecule has 1 fully saturated rings. The summed E-state index contributed by atoms with van der Waals surface area (Å²) in [6.07, 6.45) is 0.576. The van der Waals surface area contributed by atoms with Crippen molar-refractivity contribution in [3.05, 3.63) is 23.6 Å². The van der Waals surface area contributed by atoms with Crippen molar-refractivity contribution in [1.82, 2.24) is 4.98 Å². The fourth-order valence-corrected chi connectivity index (χ4v) is 1.74. The van der Waals surface area contributed by atoms with E-state index in [1.807, 2.05) is 6.07 Å². The van der Waals surface area contributed by atoms with Crippen molar-refractivity contribution in [3.63, 3.8) is 0 Å². The molecule has 7 heteroatoms. The average Bonchev–Trinajstić information content (AvgIpc) is 2.38. The molecule has 6 nitrogen and oxygen atoms in total. The molecule has 0 aliphatic carbocycles. The van der Waals surface area contributed by atoms with Gasteiger partial charge in [-0.25, -0.2) is 14.2 Å². The number of hydrogen-bond acceptors (Lipinski definition) is 5. The molecule has 0 spiro atoms. The number of aromatic carboxylic acids is 1. The second-order valence-corrected chi connectivity index (χ2v) is 3.74. The van der Waals surface area contributed by atoms with Gasteiger partial charge in [0.15, 0.2) is 17.7 Å². The Morgan fingerprint density at radius 3 is 3.17 bits per heavy atom. The summed E-state index contributed by atoms with van der Waals surface area (Å²) in [7, 11) is 0. The van der Waals surface area contributed by atoms with Gasteiger partial charge in [0, 0.05) is 12.7 Å². The molecule has 0 saturated carbocycles. The molecule has 1 saturated heterocycles. The molecule has 2 heterocycles. The van der Waals surface area contributed by atoms with E-state index >= 15 is 0 Å². The minimum atomic E-state index is -1.35. The lowest BCUT2D eigenvalue weighted by atomic mass is 10.2. The molecule has 18 heavy (non-hydrogen) atoms. The highest BCUT2D eigenvalue weighted by Crippen LogP contribution is 2.21. The number of rotatable bonds is 2. The Labute approximate surface area is 102 Å². The highest BCUT2D eigenvalue weighted by atomic mass is 19.1. The van der Waals surface area contributed by atoms with Crippen LogP contribution >= 0.6 is 0 Å². The number of morpholine rings is 1. The molecule has 2 rings (SSSR count). The van der Waals surface area contributed by atoms with E-state index < -0.39 is 23.5 Å². The summed E-state index contributed by atoms with van der Waals surface area (Å²) in [5.41, 5.74) is -0.431. The van der Waals surface area contributed by atoms with Gasteiger partial charge >= 0.3 is 5.97 Å². The van der Waals surface area contributed by atoms with Gasteiger partial charge in [-0.05, 0) is 6.07 Å². The third-order valence-electron chi connectivity index (χ3n) is 2.61. The Kier molecular flexibility index (Phi) is 3.39. The number of carboxylic acids is 1. The largest absolute Gasteiger partial charge is 0.478 e. The van der Waals surface area contributed by atoms with Gasteiger partial charge in [-0.2, -0.15) is 5.26 Å². The fourth-order valence-electron chi connectivity index (χ4n) is 1.74. The lowest BCUT2D eigenvalue weighted by Crippen LogP contribution is -2.42. The minimum Gasteiger partial charge on any atom is -0.478 e. The number of nitriles is 1. The molecule has 1 N–H and O–H groups in total. The van der Waals surface area contributed by atoms with Gasteiger partial charge in [0.2, 0.25) is 0 Å². The summed E-state index contributed by atoms with van der Waals surface area (Å²) in [5.74, 6) is -2.29. The third-order valence-corrected chi connectivity index (χ3v) is 2.61. The fraction of sp³-hybridized carbons (Fsp3) is 0.364. The van der Waals surface area contributed by atoms with E-state index in [2.05, 4.69) is 4.98 Å². The van der Waals surface area contributed by atoms with E-state index in [1.165, 1.54) is 11.1 Å². The summed E-state index contributed by atoms with van der Waals surface area (Å²) in [4.78, 5) is 16.2. The summed E-state index contributed by atoms with van der Waals surface area (Å²) < 4.78 is 19.1. The molecular formula is C11H10FN3O3. The molecule has 1 aliphatic rings. The number of aromatic nitrogens is 1. The van der Waals surface area contributed by atoms with E-state index in [1.54, 1.807) is 0 Å². The Morgan fingerprint density at radius 1 is 1.72 bits per heavy atom. The predicted molar refractivity (Wildman–Crippen MR) is 58.7 cm³/mol. The monoisotopic (exact) mass is 251 g/mol. The van der Waals surface area contributed by atoms with Crippen molar-refractivity contribution in [3.8, 4) is 6.07 Å².